The Balaban J connectivity index is 2.30. The Kier molecular flexibility index (Phi) is 3.87. The predicted octanol–water partition coefficient (Wildman–Crippen LogP) is 4.69. The number of rotatable bonds is 3. The van der Waals surface area contributed by atoms with E-state index in [0.29, 0.717) is 6.42 Å². The molecule has 1 aliphatic rings. The van der Waals surface area contributed by atoms with E-state index in [1.54, 1.807) is 0 Å². The third-order valence-electron chi connectivity index (χ3n) is 3.53. The first-order chi connectivity index (χ1) is 8.73. The van der Waals surface area contributed by atoms with Crippen LogP contribution in [0.4, 0.5) is 5.69 Å². The lowest BCUT2D eigenvalue weighted by molar-refractivity contribution is -0.386. The van der Waals surface area contributed by atoms with Crippen LogP contribution in [0.1, 0.15) is 20.3 Å². The van der Waals surface area contributed by atoms with Gasteiger partial charge in [-0.05, 0) is 0 Å². The first-order valence-corrected chi connectivity index (χ1v) is 6.87. The number of alkyl halides is 1. The summed E-state index contributed by atoms with van der Waals surface area (Å²) < 4.78 is 5.70. The van der Waals surface area contributed by atoms with Crippen molar-refractivity contribution in [2.75, 3.05) is 0 Å². The van der Waals surface area contributed by atoms with E-state index in [0.717, 1.165) is 0 Å². The maximum absolute atomic E-state index is 11.0. The lowest BCUT2D eigenvalue weighted by Gasteiger charge is -2.48. The molecule has 1 aromatic carbocycles. The molecule has 4 nitrogen and oxygen atoms in total. The molecule has 1 fully saturated rings. The van der Waals surface area contributed by atoms with E-state index in [-0.39, 0.29) is 38.4 Å². The number of halogens is 3. The molecule has 2 atom stereocenters. The van der Waals surface area contributed by atoms with Crippen LogP contribution in [-0.4, -0.2) is 16.4 Å². The van der Waals surface area contributed by atoms with Crippen molar-refractivity contribution in [1.82, 2.24) is 0 Å². The number of hydrogen-bond donors (Lipinski definition) is 0. The van der Waals surface area contributed by atoms with E-state index in [2.05, 4.69) is 0 Å². The summed E-state index contributed by atoms with van der Waals surface area (Å²) in [5, 5.41) is 11.3. The summed E-state index contributed by atoms with van der Waals surface area (Å²) in [7, 11) is 0. The Morgan fingerprint density at radius 3 is 2.42 bits per heavy atom. The zero-order valence-corrected chi connectivity index (χ0v) is 12.6. The Morgan fingerprint density at radius 1 is 1.37 bits per heavy atom. The average molecular weight is 325 g/mol. The molecule has 104 valence electrons. The van der Waals surface area contributed by atoms with Crippen LogP contribution < -0.4 is 4.74 Å². The maximum atomic E-state index is 11.0. The van der Waals surface area contributed by atoms with Crippen molar-refractivity contribution in [3.8, 4) is 5.75 Å². The summed E-state index contributed by atoms with van der Waals surface area (Å²) >= 11 is 17.8. The Labute approximate surface area is 125 Å². The summed E-state index contributed by atoms with van der Waals surface area (Å²) in [5.41, 5.74) is -0.426. The fraction of sp³-hybridized carbons (Fsp3) is 0.500. The Morgan fingerprint density at radius 2 is 1.95 bits per heavy atom. The fourth-order valence-corrected chi connectivity index (χ4v) is 2.56. The third kappa shape index (κ3) is 2.62. The van der Waals surface area contributed by atoms with Gasteiger partial charge in [-0.1, -0.05) is 37.0 Å². The van der Waals surface area contributed by atoms with Crippen molar-refractivity contribution in [3.63, 3.8) is 0 Å². The van der Waals surface area contributed by atoms with Crippen molar-refractivity contribution in [1.29, 1.82) is 0 Å². The van der Waals surface area contributed by atoms with Crippen LogP contribution >= 0.6 is 34.8 Å². The van der Waals surface area contributed by atoms with Crippen LogP contribution in [0.3, 0.4) is 0 Å². The van der Waals surface area contributed by atoms with Crippen LogP contribution in [0.5, 0.6) is 5.75 Å². The number of hydrogen-bond acceptors (Lipinski definition) is 3. The van der Waals surface area contributed by atoms with Crippen LogP contribution in [0, 0.1) is 15.5 Å². The Bertz CT molecular complexity index is 533. The van der Waals surface area contributed by atoms with Crippen molar-refractivity contribution in [3.05, 3.63) is 32.3 Å². The molecular weight excluding hydrogens is 312 g/mol. The van der Waals surface area contributed by atoms with Gasteiger partial charge in [-0.2, -0.15) is 0 Å². The molecule has 19 heavy (non-hydrogen) atoms. The summed E-state index contributed by atoms with van der Waals surface area (Å²) in [6, 6.07) is 2.57. The minimum absolute atomic E-state index is 0.000622. The van der Waals surface area contributed by atoms with E-state index >= 15 is 0 Å². The molecule has 0 heterocycles. The topological polar surface area (TPSA) is 52.4 Å². The zero-order valence-electron chi connectivity index (χ0n) is 10.3. The second-order valence-corrected chi connectivity index (χ2v) is 6.46. The molecule has 0 aliphatic heterocycles. The van der Waals surface area contributed by atoms with Crippen LogP contribution in [0.25, 0.3) is 0 Å². The molecule has 0 N–H and O–H groups in total. The van der Waals surface area contributed by atoms with Gasteiger partial charge in [0.05, 0.1) is 15.0 Å². The fourth-order valence-electron chi connectivity index (χ4n) is 1.95. The van der Waals surface area contributed by atoms with Gasteiger partial charge in [-0.25, -0.2) is 0 Å². The molecule has 0 spiro atoms. The van der Waals surface area contributed by atoms with Gasteiger partial charge in [0.15, 0.2) is 5.75 Å². The minimum Gasteiger partial charge on any atom is -0.483 e. The molecule has 2 unspecified atom stereocenters. The molecule has 1 saturated carbocycles. The number of ether oxygens (including phenoxy) is 1. The summed E-state index contributed by atoms with van der Waals surface area (Å²) in [6.07, 6.45) is 0.470. The third-order valence-corrected chi connectivity index (χ3v) is 4.99. The summed E-state index contributed by atoms with van der Waals surface area (Å²) in [5.74, 6) is 0.126. The summed E-state index contributed by atoms with van der Waals surface area (Å²) in [4.78, 5) is 10.5. The van der Waals surface area contributed by atoms with Gasteiger partial charge in [0.2, 0.25) is 0 Å². The number of nitro groups is 1. The molecular formula is C12H12Cl3NO3. The zero-order chi connectivity index (χ0) is 14.4. The van der Waals surface area contributed by atoms with Gasteiger partial charge >= 0.3 is 5.69 Å². The van der Waals surface area contributed by atoms with E-state index < -0.39 is 4.92 Å². The van der Waals surface area contributed by atoms with Crippen molar-refractivity contribution in [2.24, 2.45) is 5.41 Å². The van der Waals surface area contributed by atoms with Crippen LogP contribution in [0.2, 0.25) is 10.0 Å². The lowest BCUT2D eigenvalue weighted by atomic mass is 9.68. The van der Waals surface area contributed by atoms with Gasteiger partial charge in [0.1, 0.15) is 6.10 Å². The quantitative estimate of drug-likeness (QED) is 0.460. The second-order valence-electron chi connectivity index (χ2n) is 5.12. The van der Waals surface area contributed by atoms with E-state index in [1.807, 2.05) is 13.8 Å². The molecule has 0 radical (unpaired) electrons. The number of nitro benzene ring substituents is 1. The van der Waals surface area contributed by atoms with Crippen LogP contribution in [0.15, 0.2) is 12.1 Å². The maximum Gasteiger partial charge on any atom is 0.312 e. The normalized spacial score (nSPS) is 24.7. The molecule has 0 saturated heterocycles. The monoisotopic (exact) mass is 323 g/mol. The molecule has 7 heteroatoms. The van der Waals surface area contributed by atoms with Gasteiger partial charge in [0.25, 0.3) is 0 Å². The first-order valence-electron chi connectivity index (χ1n) is 5.67. The van der Waals surface area contributed by atoms with Crippen LogP contribution in [-0.2, 0) is 0 Å². The average Bonchev–Trinajstić information content (AvgIpc) is 2.32. The lowest BCUT2D eigenvalue weighted by Crippen LogP contribution is -2.53. The molecule has 1 aromatic rings. The highest BCUT2D eigenvalue weighted by molar-refractivity contribution is 6.42. The highest BCUT2D eigenvalue weighted by Crippen LogP contribution is 2.48. The van der Waals surface area contributed by atoms with E-state index in [4.69, 9.17) is 39.5 Å². The van der Waals surface area contributed by atoms with Crippen molar-refractivity contribution < 1.29 is 9.66 Å². The van der Waals surface area contributed by atoms with Gasteiger partial charge in [-0.3, -0.25) is 10.1 Å². The smallest absolute Gasteiger partial charge is 0.312 e. The Hall–Kier alpha value is -0.710. The van der Waals surface area contributed by atoms with E-state index in [1.165, 1.54) is 12.1 Å². The predicted molar refractivity (Wildman–Crippen MR) is 75.6 cm³/mol. The summed E-state index contributed by atoms with van der Waals surface area (Å²) in [6.45, 7) is 3.92. The molecule has 1 aliphatic carbocycles. The molecule has 0 aromatic heterocycles. The van der Waals surface area contributed by atoms with Gasteiger partial charge < -0.3 is 4.74 Å². The number of nitrogens with zero attached hydrogens (tertiary/aromatic N) is 1. The molecule has 2 rings (SSSR count). The van der Waals surface area contributed by atoms with Gasteiger partial charge in [0, 0.05) is 29.3 Å². The van der Waals surface area contributed by atoms with E-state index in [9.17, 15) is 10.1 Å². The largest absolute Gasteiger partial charge is 0.483 e. The minimum atomic E-state index is -0.540. The standard InChI is InChI=1S/C12H12Cl3NO3/c1-12(2)10(15)5-11(12)19-9-4-7(14)6(13)3-8(9)16(17)18/h3-4,10-11H,5H2,1-2H3. The SMILES string of the molecule is CC1(C)C(Cl)CC1Oc1cc(Cl)c(Cl)cc1[N+](=O)[O-]. The second kappa shape index (κ2) is 5.00. The molecule has 0 bridgehead atoms. The van der Waals surface area contributed by atoms with Gasteiger partial charge in [-0.15, -0.1) is 11.6 Å². The highest BCUT2D eigenvalue weighted by Gasteiger charge is 2.49. The highest BCUT2D eigenvalue weighted by atomic mass is 35.5. The van der Waals surface area contributed by atoms with Crippen molar-refractivity contribution >= 4 is 40.5 Å². The van der Waals surface area contributed by atoms with Crippen molar-refractivity contribution in [2.45, 2.75) is 31.7 Å². The number of benzene rings is 1. The first kappa shape index (κ1) is 14.7. The molecule has 0 amide bonds.